The Morgan fingerprint density at radius 2 is 1.66 bits per heavy atom. The highest BCUT2D eigenvalue weighted by Gasteiger charge is 2.44. The quantitative estimate of drug-likeness (QED) is 0.233. The molecule has 2 aromatic carbocycles. The van der Waals surface area contributed by atoms with Crippen molar-refractivity contribution in [1.29, 1.82) is 0 Å². The van der Waals surface area contributed by atoms with E-state index in [1.54, 1.807) is 12.1 Å². The molecule has 0 spiro atoms. The Morgan fingerprint density at radius 3 is 2.17 bits per heavy atom. The Hall–Kier alpha value is -2.44. The van der Waals surface area contributed by atoms with Gasteiger partial charge in [0.15, 0.2) is 8.32 Å². The fourth-order valence-electron chi connectivity index (χ4n) is 4.57. The fraction of sp³-hybridized carbons (Fsp3) is 0.483. The van der Waals surface area contributed by atoms with Crippen LogP contribution in [-0.4, -0.2) is 32.1 Å². The zero-order valence-corrected chi connectivity index (χ0v) is 23.6. The van der Waals surface area contributed by atoms with Crippen molar-refractivity contribution in [2.24, 2.45) is 0 Å². The summed E-state index contributed by atoms with van der Waals surface area (Å²) < 4.78 is 28.4. The van der Waals surface area contributed by atoms with Gasteiger partial charge in [-0.15, -0.1) is 0 Å². The van der Waals surface area contributed by atoms with E-state index in [0.29, 0.717) is 6.42 Å². The van der Waals surface area contributed by atoms with Gasteiger partial charge in [0.05, 0.1) is 13.2 Å². The molecule has 0 bridgehead atoms. The molecule has 6 heteroatoms. The Balaban J connectivity index is 2.38. The first kappa shape index (κ1) is 27.1. The maximum absolute atomic E-state index is 13.9. The van der Waals surface area contributed by atoms with Crippen molar-refractivity contribution in [3.63, 3.8) is 0 Å². The molecule has 1 unspecified atom stereocenters. The van der Waals surface area contributed by atoms with Crippen LogP contribution in [-0.2, 0) is 14.0 Å². The highest BCUT2D eigenvalue weighted by Crippen LogP contribution is 2.45. The molecule has 3 aromatic rings. The molecule has 35 heavy (non-hydrogen) atoms. The first-order valence-electron chi connectivity index (χ1n) is 12.5. The average molecular weight is 498 g/mol. The van der Waals surface area contributed by atoms with Crippen LogP contribution >= 0.6 is 0 Å². The molecule has 190 valence electrons. The smallest absolute Gasteiger partial charge is 0.317 e. The molecule has 0 aliphatic rings. The third-order valence-corrected chi connectivity index (χ3v) is 11.9. The van der Waals surface area contributed by atoms with Gasteiger partial charge in [-0.05, 0) is 62.2 Å². The number of halogens is 1. The number of para-hydroxylation sites is 1. The minimum absolute atomic E-state index is 0.00830. The number of hydrogen-bond donors (Lipinski definition) is 0. The van der Waals surface area contributed by atoms with Gasteiger partial charge in [-0.25, -0.2) is 4.39 Å². The highest BCUT2D eigenvalue weighted by molar-refractivity contribution is 6.74. The number of esters is 1. The number of carbonyl (C=O) groups is 1. The van der Waals surface area contributed by atoms with E-state index in [4.69, 9.17) is 9.16 Å². The lowest BCUT2D eigenvalue weighted by molar-refractivity contribution is -0.145. The van der Waals surface area contributed by atoms with Gasteiger partial charge in [0.25, 0.3) is 0 Å². The molecule has 0 radical (unpaired) electrons. The topological polar surface area (TPSA) is 40.5 Å². The second-order valence-electron chi connectivity index (χ2n) is 11.1. The Labute approximate surface area is 210 Å². The third-order valence-electron chi connectivity index (χ3n) is 7.37. The van der Waals surface area contributed by atoms with E-state index in [9.17, 15) is 9.18 Å². The number of rotatable bonds is 8. The number of benzene rings is 2. The van der Waals surface area contributed by atoms with Crippen LogP contribution in [0.4, 0.5) is 4.39 Å². The molecular weight excluding hydrogens is 457 g/mol. The molecule has 0 saturated heterocycles. The monoisotopic (exact) mass is 497 g/mol. The van der Waals surface area contributed by atoms with Crippen LogP contribution in [0.1, 0.15) is 65.6 Å². The molecular formula is C29H40FNO3Si. The third kappa shape index (κ3) is 5.24. The van der Waals surface area contributed by atoms with E-state index >= 15 is 0 Å². The van der Waals surface area contributed by atoms with Crippen LogP contribution in [0.15, 0.2) is 48.5 Å². The van der Waals surface area contributed by atoms with Gasteiger partial charge in [-0.3, -0.25) is 4.79 Å². The summed E-state index contributed by atoms with van der Waals surface area (Å²) in [6.07, 6.45) is 0.304. The van der Waals surface area contributed by atoms with E-state index in [2.05, 4.69) is 71.3 Å². The van der Waals surface area contributed by atoms with Crippen LogP contribution < -0.4 is 0 Å². The number of nitrogens with zero attached hydrogens (tertiary/aromatic N) is 1. The minimum atomic E-state index is -2.20. The Morgan fingerprint density at radius 1 is 1.06 bits per heavy atom. The SMILES string of the molecule is CC[C@H](O[Si](C)(C)C(C)(C)C)C(C(=O)OC)c1c(-c2ccc(F)cc2)c2ccccc2n1C(C)C. The second-order valence-corrected chi connectivity index (χ2v) is 15.8. The summed E-state index contributed by atoms with van der Waals surface area (Å²) in [4.78, 5) is 13.6. The molecule has 0 fully saturated rings. The van der Waals surface area contributed by atoms with Gasteiger partial charge in [0, 0.05) is 28.2 Å². The van der Waals surface area contributed by atoms with Crippen molar-refractivity contribution >= 4 is 25.2 Å². The van der Waals surface area contributed by atoms with Crippen molar-refractivity contribution in [2.75, 3.05) is 7.11 Å². The van der Waals surface area contributed by atoms with Gasteiger partial charge in [-0.2, -0.15) is 0 Å². The van der Waals surface area contributed by atoms with Crippen LogP contribution in [0.2, 0.25) is 18.1 Å². The van der Waals surface area contributed by atoms with E-state index in [-0.39, 0.29) is 29.0 Å². The summed E-state index contributed by atoms with van der Waals surface area (Å²) in [5.41, 5.74) is 3.70. The number of ether oxygens (including phenoxy) is 1. The lowest BCUT2D eigenvalue weighted by Crippen LogP contribution is -2.46. The molecule has 2 atom stereocenters. The maximum Gasteiger partial charge on any atom is 0.317 e. The first-order valence-corrected chi connectivity index (χ1v) is 15.4. The molecule has 3 rings (SSSR count). The van der Waals surface area contributed by atoms with E-state index in [1.807, 2.05) is 12.1 Å². The van der Waals surface area contributed by atoms with Gasteiger partial charge in [-0.1, -0.05) is 58.0 Å². The number of aromatic nitrogens is 1. The largest absolute Gasteiger partial charge is 0.468 e. The second kappa shape index (κ2) is 10.3. The molecule has 1 heterocycles. The summed E-state index contributed by atoms with van der Waals surface area (Å²) in [6, 6.07) is 14.8. The van der Waals surface area contributed by atoms with Crippen molar-refractivity contribution in [1.82, 2.24) is 4.57 Å². The predicted octanol–water partition coefficient (Wildman–Crippen LogP) is 8.09. The average Bonchev–Trinajstić information content (AvgIpc) is 3.13. The van der Waals surface area contributed by atoms with Crippen LogP contribution in [0.3, 0.4) is 0 Å². The van der Waals surface area contributed by atoms with Crippen LogP contribution in [0.25, 0.3) is 22.0 Å². The van der Waals surface area contributed by atoms with Crippen molar-refractivity contribution in [3.05, 3.63) is 60.0 Å². The van der Waals surface area contributed by atoms with E-state index < -0.39 is 14.2 Å². The molecule has 0 aliphatic carbocycles. The minimum Gasteiger partial charge on any atom is -0.468 e. The van der Waals surface area contributed by atoms with E-state index in [0.717, 1.165) is 27.7 Å². The normalized spacial score (nSPS) is 14.4. The lowest BCUT2D eigenvalue weighted by atomic mass is 9.90. The molecule has 0 amide bonds. The van der Waals surface area contributed by atoms with E-state index in [1.165, 1.54) is 19.2 Å². The summed E-state index contributed by atoms with van der Waals surface area (Å²) >= 11 is 0. The fourth-order valence-corrected chi connectivity index (χ4v) is 5.99. The Kier molecular flexibility index (Phi) is 7.97. The standard InChI is InChI=1S/C29H40FNO3Si/c1-10-24(34-35(8,9)29(4,5)6)26(28(32)33-7)27-25(20-15-17-21(30)18-16-20)22-13-11-12-14-23(22)31(27)19(2)3/h11-19,24,26H,10H2,1-9H3/t24-,26?/m0/s1. The van der Waals surface area contributed by atoms with Gasteiger partial charge in [0.2, 0.25) is 0 Å². The molecule has 0 N–H and O–H groups in total. The van der Waals surface area contributed by atoms with Gasteiger partial charge >= 0.3 is 5.97 Å². The number of carbonyl (C=O) groups excluding carboxylic acids is 1. The highest BCUT2D eigenvalue weighted by atomic mass is 28.4. The van der Waals surface area contributed by atoms with Crippen LogP contribution in [0, 0.1) is 5.82 Å². The Bertz CT molecular complexity index is 1180. The summed E-state index contributed by atoms with van der Waals surface area (Å²) in [7, 11) is -0.759. The first-order chi connectivity index (χ1) is 16.3. The zero-order chi connectivity index (χ0) is 26.1. The summed E-state index contributed by atoms with van der Waals surface area (Å²) in [5, 5.41) is 1.02. The van der Waals surface area contributed by atoms with Crippen molar-refractivity contribution in [3.8, 4) is 11.1 Å². The maximum atomic E-state index is 13.9. The summed E-state index contributed by atoms with van der Waals surface area (Å²) in [5.74, 6) is -1.24. The van der Waals surface area contributed by atoms with Crippen LogP contribution in [0.5, 0.6) is 0 Å². The van der Waals surface area contributed by atoms with Crippen molar-refractivity contribution in [2.45, 2.75) is 84.2 Å². The molecule has 4 nitrogen and oxygen atoms in total. The van der Waals surface area contributed by atoms with Gasteiger partial charge in [0.1, 0.15) is 11.7 Å². The predicted molar refractivity (Wildman–Crippen MR) is 145 cm³/mol. The van der Waals surface area contributed by atoms with Gasteiger partial charge < -0.3 is 13.7 Å². The number of hydrogen-bond acceptors (Lipinski definition) is 3. The molecule has 1 aromatic heterocycles. The van der Waals surface area contributed by atoms with Crippen molar-refractivity contribution < 1.29 is 18.3 Å². The number of methoxy groups -OCH3 is 1. The molecule has 0 aliphatic heterocycles. The lowest BCUT2D eigenvalue weighted by Gasteiger charge is -2.41. The summed E-state index contributed by atoms with van der Waals surface area (Å²) in [6.45, 7) is 17.3. The zero-order valence-electron chi connectivity index (χ0n) is 22.6. The molecule has 0 saturated carbocycles. The number of fused-ring (bicyclic) bond motifs is 1.